The van der Waals surface area contributed by atoms with Crippen molar-refractivity contribution in [2.45, 2.75) is 19.1 Å². The molecule has 2 saturated heterocycles. The zero-order chi connectivity index (χ0) is 22.8. The van der Waals surface area contributed by atoms with Gasteiger partial charge in [-0.1, -0.05) is 0 Å². The molecule has 0 radical (unpaired) electrons. The van der Waals surface area contributed by atoms with Gasteiger partial charge in [0.2, 0.25) is 0 Å². The first kappa shape index (κ1) is 21.6. The largest absolute Gasteiger partial charge is 0.372 e. The van der Waals surface area contributed by atoms with Gasteiger partial charge >= 0.3 is 0 Å². The molecule has 0 amide bonds. The van der Waals surface area contributed by atoms with E-state index in [-0.39, 0.29) is 12.2 Å². The van der Waals surface area contributed by atoms with Crippen LogP contribution in [0.4, 0.5) is 17.1 Å². The third kappa shape index (κ3) is 4.47. The van der Waals surface area contributed by atoms with E-state index in [2.05, 4.69) is 69.4 Å². The lowest BCUT2D eigenvalue weighted by molar-refractivity contribution is -0.0108. The lowest BCUT2D eigenvalue weighted by Crippen LogP contribution is -2.50. The fourth-order valence-corrected chi connectivity index (χ4v) is 4.95. The van der Waals surface area contributed by atoms with Gasteiger partial charge in [0, 0.05) is 64.2 Å². The Balaban J connectivity index is 1.28. The van der Waals surface area contributed by atoms with Crippen LogP contribution in [-0.2, 0) is 4.74 Å². The van der Waals surface area contributed by atoms with E-state index >= 15 is 0 Å². The van der Waals surface area contributed by atoms with Gasteiger partial charge in [-0.2, -0.15) is 10.4 Å². The molecule has 2 aliphatic rings. The van der Waals surface area contributed by atoms with E-state index in [0.717, 1.165) is 57.0 Å². The molecule has 2 fully saturated rings. The molecule has 4 heterocycles. The molecule has 8 heteroatoms. The summed E-state index contributed by atoms with van der Waals surface area (Å²) in [6.07, 6.45) is 1.94. The van der Waals surface area contributed by atoms with Gasteiger partial charge in [0.25, 0.3) is 0 Å². The van der Waals surface area contributed by atoms with Gasteiger partial charge in [-0.05, 0) is 49.4 Å². The molecule has 33 heavy (non-hydrogen) atoms. The molecular formula is C25H31N7O. The second-order valence-electron chi connectivity index (χ2n) is 8.95. The summed E-state index contributed by atoms with van der Waals surface area (Å²) in [4.78, 5) is 7.06. The van der Waals surface area contributed by atoms with E-state index in [1.54, 1.807) is 10.7 Å². The molecule has 0 unspecified atom stereocenters. The van der Waals surface area contributed by atoms with Crippen LogP contribution < -0.4 is 20.0 Å². The zero-order valence-corrected chi connectivity index (χ0v) is 19.3. The standard InChI is InChI=1S/C25H31N7O/c1-19-16-31(24-8-7-22(15-26)32-25(24)9-10-28-32)18-23(33-19)17-29(2)20-3-5-21(6-4-20)30-13-11-27-12-14-30/h3-10,19,23,27H,11-14,16-18H2,1-2H3/t19-,23+/m1/s1. The van der Waals surface area contributed by atoms with Crippen molar-refractivity contribution < 1.29 is 4.74 Å². The molecule has 3 aromatic rings. The number of rotatable bonds is 5. The van der Waals surface area contributed by atoms with Crippen molar-refractivity contribution in [3.05, 3.63) is 54.4 Å². The van der Waals surface area contributed by atoms with Crippen molar-refractivity contribution in [1.82, 2.24) is 14.9 Å². The number of likely N-dealkylation sites (N-methyl/N-ethyl adjacent to an activating group) is 1. The quantitative estimate of drug-likeness (QED) is 0.646. The molecular weight excluding hydrogens is 414 g/mol. The number of nitriles is 1. The average Bonchev–Trinajstić information content (AvgIpc) is 3.34. The second-order valence-corrected chi connectivity index (χ2v) is 8.95. The van der Waals surface area contributed by atoms with E-state index in [4.69, 9.17) is 4.74 Å². The van der Waals surface area contributed by atoms with E-state index in [9.17, 15) is 5.26 Å². The highest BCUT2D eigenvalue weighted by Gasteiger charge is 2.28. The lowest BCUT2D eigenvalue weighted by Gasteiger charge is -2.40. The minimum absolute atomic E-state index is 0.0743. The van der Waals surface area contributed by atoms with Crippen LogP contribution in [0.15, 0.2) is 48.7 Å². The van der Waals surface area contributed by atoms with Crippen molar-refractivity contribution in [3.8, 4) is 6.07 Å². The summed E-state index contributed by atoms with van der Waals surface area (Å²) < 4.78 is 8.03. The van der Waals surface area contributed by atoms with Gasteiger partial charge in [-0.3, -0.25) is 0 Å². The maximum atomic E-state index is 9.38. The summed E-state index contributed by atoms with van der Waals surface area (Å²) in [6, 6.07) is 16.9. The Morgan fingerprint density at radius 1 is 1.09 bits per heavy atom. The Morgan fingerprint density at radius 2 is 1.88 bits per heavy atom. The Labute approximate surface area is 194 Å². The normalized spacial score (nSPS) is 21.2. The number of ether oxygens (including phenoxy) is 1. The Morgan fingerprint density at radius 3 is 2.64 bits per heavy atom. The van der Waals surface area contributed by atoms with Crippen molar-refractivity contribution in [2.75, 3.05) is 67.6 Å². The SMILES string of the molecule is C[C@@H]1CN(c2ccc(C#N)n3nccc23)C[C@H](CN(C)c2ccc(N3CCNCC3)cc2)O1. The van der Waals surface area contributed by atoms with Crippen LogP contribution in [0.25, 0.3) is 5.52 Å². The number of nitrogens with one attached hydrogen (secondary N) is 1. The maximum absolute atomic E-state index is 9.38. The highest BCUT2D eigenvalue weighted by Crippen LogP contribution is 2.27. The van der Waals surface area contributed by atoms with Crippen molar-refractivity contribution in [2.24, 2.45) is 0 Å². The summed E-state index contributed by atoms with van der Waals surface area (Å²) in [5.41, 5.74) is 5.07. The topological polar surface area (TPSA) is 72.1 Å². The Bertz CT molecular complexity index is 1130. The predicted molar refractivity (Wildman–Crippen MR) is 131 cm³/mol. The van der Waals surface area contributed by atoms with Crippen LogP contribution in [0.3, 0.4) is 0 Å². The molecule has 1 aromatic carbocycles. The molecule has 5 rings (SSSR count). The van der Waals surface area contributed by atoms with E-state index in [0.29, 0.717) is 5.69 Å². The molecule has 0 bridgehead atoms. The van der Waals surface area contributed by atoms with Crippen LogP contribution in [0.5, 0.6) is 0 Å². The van der Waals surface area contributed by atoms with Gasteiger partial charge in [0.05, 0.1) is 29.6 Å². The summed E-state index contributed by atoms with van der Waals surface area (Å²) >= 11 is 0. The fourth-order valence-electron chi connectivity index (χ4n) is 4.95. The first-order valence-electron chi connectivity index (χ1n) is 11.7. The first-order valence-corrected chi connectivity index (χ1v) is 11.7. The number of aromatic nitrogens is 2. The van der Waals surface area contributed by atoms with Gasteiger partial charge < -0.3 is 24.8 Å². The molecule has 0 aliphatic carbocycles. The van der Waals surface area contributed by atoms with Gasteiger partial charge in [-0.15, -0.1) is 0 Å². The highest BCUT2D eigenvalue weighted by atomic mass is 16.5. The smallest absolute Gasteiger partial charge is 0.142 e. The lowest BCUT2D eigenvalue weighted by atomic mass is 10.1. The average molecular weight is 446 g/mol. The van der Waals surface area contributed by atoms with Crippen molar-refractivity contribution >= 4 is 22.6 Å². The number of fused-ring (bicyclic) bond motifs is 1. The van der Waals surface area contributed by atoms with Crippen molar-refractivity contribution in [3.63, 3.8) is 0 Å². The number of nitrogens with zero attached hydrogens (tertiary/aromatic N) is 6. The Kier molecular flexibility index (Phi) is 6.07. The Hall–Kier alpha value is -3.28. The molecule has 0 spiro atoms. The minimum Gasteiger partial charge on any atom is -0.372 e. The number of anilines is 3. The maximum Gasteiger partial charge on any atom is 0.142 e. The van der Waals surface area contributed by atoms with E-state index < -0.39 is 0 Å². The molecule has 172 valence electrons. The second kappa shape index (κ2) is 9.30. The van der Waals surface area contributed by atoms with Crippen LogP contribution in [0.1, 0.15) is 12.6 Å². The van der Waals surface area contributed by atoms with Crippen LogP contribution in [0.2, 0.25) is 0 Å². The molecule has 2 aromatic heterocycles. The van der Waals surface area contributed by atoms with Crippen LogP contribution in [-0.4, -0.2) is 74.7 Å². The monoisotopic (exact) mass is 445 g/mol. The number of pyridine rings is 1. The first-order chi connectivity index (χ1) is 16.1. The molecule has 2 aliphatic heterocycles. The third-order valence-electron chi connectivity index (χ3n) is 6.56. The predicted octanol–water partition coefficient (Wildman–Crippen LogP) is 2.35. The minimum atomic E-state index is 0.0743. The number of morpholine rings is 1. The molecule has 8 nitrogen and oxygen atoms in total. The van der Waals surface area contributed by atoms with E-state index in [1.807, 2.05) is 18.2 Å². The van der Waals surface area contributed by atoms with Gasteiger partial charge in [0.15, 0.2) is 0 Å². The summed E-state index contributed by atoms with van der Waals surface area (Å²) in [5.74, 6) is 0. The van der Waals surface area contributed by atoms with Crippen molar-refractivity contribution in [1.29, 1.82) is 5.26 Å². The van der Waals surface area contributed by atoms with Crippen LogP contribution in [0, 0.1) is 11.3 Å². The van der Waals surface area contributed by atoms with Gasteiger partial charge in [0.1, 0.15) is 11.8 Å². The van der Waals surface area contributed by atoms with Crippen LogP contribution >= 0.6 is 0 Å². The summed E-state index contributed by atoms with van der Waals surface area (Å²) in [7, 11) is 2.13. The molecule has 0 saturated carbocycles. The molecule has 1 N–H and O–H groups in total. The highest BCUT2D eigenvalue weighted by molar-refractivity contribution is 5.74. The number of piperazine rings is 1. The number of hydrogen-bond donors (Lipinski definition) is 1. The molecule has 2 atom stereocenters. The number of hydrogen-bond acceptors (Lipinski definition) is 7. The van der Waals surface area contributed by atoms with Gasteiger partial charge in [-0.25, -0.2) is 4.52 Å². The summed E-state index contributed by atoms with van der Waals surface area (Å²) in [6.45, 7) is 8.72. The zero-order valence-electron chi connectivity index (χ0n) is 19.3. The fraction of sp³-hybridized carbons (Fsp3) is 0.440. The summed E-state index contributed by atoms with van der Waals surface area (Å²) in [5, 5.41) is 17.1. The third-order valence-corrected chi connectivity index (χ3v) is 6.56. The van der Waals surface area contributed by atoms with E-state index in [1.165, 1.54) is 11.4 Å². The number of benzene rings is 1.